The molecule has 0 unspecified atom stereocenters. The van der Waals surface area contributed by atoms with Gasteiger partial charge in [-0.2, -0.15) is 5.10 Å². The average Bonchev–Trinajstić information content (AvgIpc) is 3.16. The SMILES string of the molecule is CC(C)(C)c1ccc2c(c1)CCN2C(=O)c1ccc2n[nH]c(=O)n2c1. The van der Waals surface area contributed by atoms with Crippen LogP contribution in [0.5, 0.6) is 0 Å². The Labute approximate surface area is 145 Å². The van der Waals surface area contributed by atoms with Gasteiger partial charge in [0, 0.05) is 18.4 Å². The fourth-order valence-electron chi connectivity index (χ4n) is 3.27. The fourth-order valence-corrected chi connectivity index (χ4v) is 3.27. The van der Waals surface area contributed by atoms with Gasteiger partial charge in [-0.1, -0.05) is 32.9 Å². The van der Waals surface area contributed by atoms with Crippen molar-refractivity contribution >= 4 is 17.2 Å². The Morgan fingerprint density at radius 2 is 2.00 bits per heavy atom. The van der Waals surface area contributed by atoms with Gasteiger partial charge in [0.15, 0.2) is 5.65 Å². The summed E-state index contributed by atoms with van der Waals surface area (Å²) >= 11 is 0. The first-order valence-corrected chi connectivity index (χ1v) is 8.37. The highest BCUT2D eigenvalue weighted by atomic mass is 16.2. The van der Waals surface area contributed by atoms with Crippen molar-refractivity contribution in [2.75, 3.05) is 11.4 Å². The van der Waals surface area contributed by atoms with E-state index in [0.717, 1.165) is 12.1 Å². The van der Waals surface area contributed by atoms with Gasteiger partial charge in [-0.05, 0) is 41.2 Å². The summed E-state index contributed by atoms with van der Waals surface area (Å²) in [5, 5.41) is 6.27. The fraction of sp³-hybridized carbons (Fsp3) is 0.316. The molecule has 3 heterocycles. The van der Waals surface area contributed by atoms with Crippen LogP contribution in [0.15, 0.2) is 41.3 Å². The van der Waals surface area contributed by atoms with Crippen molar-refractivity contribution in [2.45, 2.75) is 32.6 Å². The van der Waals surface area contributed by atoms with Gasteiger partial charge in [-0.15, -0.1) is 0 Å². The van der Waals surface area contributed by atoms with E-state index in [9.17, 15) is 9.59 Å². The predicted octanol–water partition coefficient (Wildman–Crippen LogP) is 2.52. The second-order valence-electron chi connectivity index (χ2n) is 7.48. The highest BCUT2D eigenvalue weighted by molar-refractivity contribution is 6.07. The van der Waals surface area contributed by atoms with E-state index in [1.807, 2.05) is 6.07 Å². The number of hydrogen-bond acceptors (Lipinski definition) is 3. The number of fused-ring (bicyclic) bond motifs is 2. The van der Waals surface area contributed by atoms with Gasteiger partial charge in [-0.25, -0.2) is 14.3 Å². The van der Waals surface area contributed by atoms with E-state index < -0.39 is 0 Å². The first kappa shape index (κ1) is 15.6. The Morgan fingerprint density at radius 1 is 1.20 bits per heavy atom. The van der Waals surface area contributed by atoms with Crippen LogP contribution in [0.25, 0.3) is 5.65 Å². The van der Waals surface area contributed by atoms with Crippen molar-refractivity contribution < 1.29 is 4.79 Å². The third-order valence-electron chi connectivity index (χ3n) is 4.75. The summed E-state index contributed by atoms with van der Waals surface area (Å²) in [5.41, 5.74) is 4.13. The van der Waals surface area contributed by atoms with Gasteiger partial charge in [-0.3, -0.25) is 4.79 Å². The van der Waals surface area contributed by atoms with Gasteiger partial charge >= 0.3 is 5.69 Å². The van der Waals surface area contributed by atoms with Gasteiger partial charge in [0.05, 0.1) is 5.56 Å². The molecule has 1 aliphatic rings. The third kappa shape index (κ3) is 2.54. The van der Waals surface area contributed by atoms with E-state index in [1.165, 1.54) is 15.5 Å². The molecular weight excluding hydrogens is 316 g/mol. The molecule has 0 radical (unpaired) electrons. The maximum absolute atomic E-state index is 12.9. The topological polar surface area (TPSA) is 70.5 Å². The number of aromatic nitrogens is 3. The lowest BCUT2D eigenvalue weighted by Gasteiger charge is -2.21. The van der Waals surface area contributed by atoms with E-state index in [0.29, 0.717) is 17.8 Å². The van der Waals surface area contributed by atoms with E-state index in [-0.39, 0.29) is 17.0 Å². The first-order chi connectivity index (χ1) is 11.8. The molecule has 25 heavy (non-hydrogen) atoms. The number of benzene rings is 1. The number of rotatable bonds is 1. The summed E-state index contributed by atoms with van der Waals surface area (Å²) in [4.78, 5) is 26.5. The number of carbonyl (C=O) groups excluding carboxylic acids is 1. The standard InChI is InChI=1S/C19H20N4O2/c1-19(2,3)14-5-6-15-12(10-14)8-9-22(15)17(24)13-4-7-16-20-21-18(25)23(16)11-13/h4-7,10-11H,8-9H2,1-3H3,(H,21,25). The number of amides is 1. The van der Waals surface area contributed by atoms with Crippen LogP contribution >= 0.6 is 0 Å². The molecule has 0 fully saturated rings. The smallest absolute Gasteiger partial charge is 0.308 e. The zero-order valence-electron chi connectivity index (χ0n) is 14.5. The summed E-state index contributed by atoms with van der Waals surface area (Å²) in [7, 11) is 0. The van der Waals surface area contributed by atoms with Crippen LogP contribution in [0.2, 0.25) is 0 Å². The average molecular weight is 336 g/mol. The number of nitrogens with zero attached hydrogens (tertiary/aromatic N) is 3. The van der Waals surface area contributed by atoms with E-state index in [4.69, 9.17) is 0 Å². The largest absolute Gasteiger partial charge is 0.347 e. The Kier molecular flexibility index (Phi) is 3.32. The minimum atomic E-state index is -0.346. The molecule has 4 rings (SSSR count). The lowest BCUT2D eigenvalue weighted by atomic mass is 9.86. The molecule has 0 atom stereocenters. The Bertz CT molecular complexity index is 1040. The summed E-state index contributed by atoms with van der Waals surface area (Å²) in [6.45, 7) is 7.21. The minimum absolute atomic E-state index is 0.0833. The highest BCUT2D eigenvalue weighted by Gasteiger charge is 2.27. The Balaban J connectivity index is 1.70. The van der Waals surface area contributed by atoms with Gasteiger partial charge in [0.25, 0.3) is 5.91 Å². The van der Waals surface area contributed by atoms with Crippen LogP contribution in [-0.2, 0) is 11.8 Å². The van der Waals surface area contributed by atoms with Gasteiger partial charge < -0.3 is 4.90 Å². The number of carbonyl (C=O) groups is 1. The minimum Gasteiger partial charge on any atom is -0.308 e. The normalized spacial score (nSPS) is 14.1. The van der Waals surface area contributed by atoms with Crippen molar-refractivity contribution in [1.29, 1.82) is 0 Å². The van der Waals surface area contributed by atoms with Crippen molar-refractivity contribution in [3.8, 4) is 0 Å². The molecule has 0 spiro atoms. The summed E-state index contributed by atoms with van der Waals surface area (Å²) < 4.78 is 1.35. The highest BCUT2D eigenvalue weighted by Crippen LogP contribution is 2.33. The van der Waals surface area contributed by atoms with Gasteiger partial charge in [0.1, 0.15) is 0 Å². The molecular formula is C19H20N4O2. The van der Waals surface area contributed by atoms with Gasteiger partial charge in [0.2, 0.25) is 0 Å². The Hall–Kier alpha value is -2.89. The van der Waals surface area contributed by atoms with Crippen LogP contribution in [0, 0.1) is 0 Å². The molecule has 1 N–H and O–H groups in total. The molecule has 0 aliphatic carbocycles. The van der Waals surface area contributed by atoms with Crippen LogP contribution in [0.4, 0.5) is 5.69 Å². The van der Waals surface area contributed by atoms with Crippen molar-refractivity contribution in [3.05, 3.63) is 63.7 Å². The molecule has 6 heteroatoms. The second-order valence-corrected chi connectivity index (χ2v) is 7.48. The summed E-state index contributed by atoms with van der Waals surface area (Å²) in [6, 6.07) is 9.70. The number of H-pyrrole nitrogens is 1. The number of nitrogens with one attached hydrogen (secondary N) is 1. The molecule has 3 aromatic rings. The first-order valence-electron chi connectivity index (χ1n) is 8.37. The summed E-state index contributed by atoms with van der Waals surface area (Å²) in [6.07, 6.45) is 2.39. The van der Waals surface area contributed by atoms with Crippen molar-refractivity contribution in [1.82, 2.24) is 14.6 Å². The molecule has 1 amide bonds. The lowest BCUT2D eigenvalue weighted by molar-refractivity contribution is 0.0989. The zero-order chi connectivity index (χ0) is 17.8. The molecule has 0 bridgehead atoms. The van der Waals surface area contributed by atoms with Crippen LogP contribution < -0.4 is 10.6 Å². The number of aromatic amines is 1. The van der Waals surface area contributed by atoms with Crippen molar-refractivity contribution in [3.63, 3.8) is 0 Å². The maximum atomic E-state index is 12.9. The molecule has 1 aliphatic heterocycles. The van der Waals surface area contributed by atoms with Crippen molar-refractivity contribution in [2.24, 2.45) is 0 Å². The Morgan fingerprint density at radius 3 is 2.76 bits per heavy atom. The molecule has 1 aromatic carbocycles. The van der Waals surface area contributed by atoms with Crippen LogP contribution in [0.3, 0.4) is 0 Å². The monoisotopic (exact) mass is 336 g/mol. The van der Waals surface area contributed by atoms with E-state index in [1.54, 1.807) is 23.2 Å². The quantitative estimate of drug-likeness (QED) is 0.742. The lowest BCUT2D eigenvalue weighted by Crippen LogP contribution is -2.29. The van der Waals surface area contributed by atoms with Crippen LogP contribution in [-0.4, -0.2) is 27.0 Å². The molecule has 0 saturated carbocycles. The molecule has 0 saturated heterocycles. The predicted molar refractivity (Wildman–Crippen MR) is 96.3 cm³/mol. The molecule has 6 nitrogen and oxygen atoms in total. The third-order valence-corrected chi connectivity index (χ3v) is 4.75. The van der Waals surface area contributed by atoms with E-state index >= 15 is 0 Å². The number of pyridine rings is 1. The van der Waals surface area contributed by atoms with E-state index in [2.05, 4.69) is 43.1 Å². The second kappa shape index (κ2) is 5.31. The molecule has 2 aromatic heterocycles. The molecule has 128 valence electrons. The number of anilines is 1. The zero-order valence-corrected chi connectivity index (χ0v) is 14.5. The number of hydrogen-bond donors (Lipinski definition) is 1. The van der Waals surface area contributed by atoms with Crippen LogP contribution in [0.1, 0.15) is 42.3 Å². The summed E-state index contributed by atoms with van der Waals surface area (Å²) in [5.74, 6) is -0.0998. The maximum Gasteiger partial charge on any atom is 0.347 e.